The molecule has 1 fully saturated rings. The van der Waals surface area contributed by atoms with Crippen LogP contribution in [0.5, 0.6) is 0 Å². The van der Waals surface area contributed by atoms with Gasteiger partial charge in [0, 0.05) is 38.6 Å². The van der Waals surface area contributed by atoms with Crippen LogP contribution in [0.2, 0.25) is 0 Å². The number of carbonyl (C=O) groups excluding carboxylic acids is 1. The van der Waals surface area contributed by atoms with Gasteiger partial charge in [0.25, 0.3) is 0 Å². The highest BCUT2D eigenvalue weighted by atomic mass is 19.1. The van der Waals surface area contributed by atoms with Gasteiger partial charge in [0.1, 0.15) is 12.0 Å². The van der Waals surface area contributed by atoms with E-state index < -0.39 is 6.17 Å². The molecule has 6 heteroatoms. The second-order valence-corrected chi connectivity index (χ2v) is 7.76. The van der Waals surface area contributed by atoms with Crippen LogP contribution < -0.4 is 5.32 Å². The van der Waals surface area contributed by atoms with Crippen LogP contribution in [0.15, 0.2) is 36.7 Å². The van der Waals surface area contributed by atoms with Crippen LogP contribution in [0.1, 0.15) is 42.1 Å². The second kappa shape index (κ2) is 7.80. The molecule has 5 nitrogen and oxygen atoms in total. The van der Waals surface area contributed by atoms with Crippen molar-refractivity contribution in [1.29, 1.82) is 0 Å². The van der Waals surface area contributed by atoms with Crippen molar-refractivity contribution in [2.75, 3.05) is 13.1 Å². The quantitative estimate of drug-likeness (QED) is 0.880. The number of nitrogens with one attached hydrogen (secondary N) is 1. The van der Waals surface area contributed by atoms with Crippen LogP contribution in [-0.4, -0.2) is 45.7 Å². The van der Waals surface area contributed by atoms with Crippen LogP contribution in [-0.2, 0) is 24.8 Å². The molecule has 2 aliphatic rings. The Kier molecular flexibility index (Phi) is 5.25. The molecule has 4 rings (SSSR count). The Morgan fingerprint density at radius 1 is 1.37 bits per heavy atom. The maximum atomic E-state index is 14.0. The lowest BCUT2D eigenvalue weighted by Gasteiger charge is -2.27. The highest BCUT2D eigenvalue weighted by Crippen LogP contribution is 2.31. The Labute approximate surface area is 159 Å². The number of benzene rings is 1. The normalized spacial score (nSPS) is 25.3. The minimum atomic E-state index is -0.845. The molecular formula is C21H27FN4O. The van der Waals surface area contributed by atoms with Crippen molar-refractivity contribution < 1.29 is 9.18 Å². The Hall–Kier alpha value is -2.21. The summed E-state index contributed by atoms with van der Waals surface area (Å²) in [6, 6.07) is 8.24. The molecule has 1 amide bonds. The van der Waals surface area contributed by atoms with Gasteiger partial charge in [-0.05, 0) is 36.8 Å². The first-order valence-electron chi connectivity index (χ1n) is 9.81. The van der Waals surface area contributed by atoms with Gasteiger partial charge in [0.2, 0.25) is 5.91 Å². The summed E-state index contributed by atoms with van der Waals surface area (Å²) in [6.07, 6.45) is 6.25. The number of imidazole rings is 1. The van der Waals surface area contributed by atoms with Crippen LogP contribution in [0.25, 0.3) is 0 Å². The van der Waals surface area contributed by atoms with Crippen molar-refractivity contribution in [1.82, 2.24) is 19.8 Å². The number of hydrogen-bond donors (Lipinski definition) is 1. The number of rotatable bonds is 5. The largest absolute Gasteiger partial charge is 0.354 e. The molecule has 1 aromatic heterocycles. The van der Waals surface area contributed by atoms with Crippen molar-refractivity contribution in [2.24, 2.45) is 7.05 Å². The molecule has 144 valence electrons. The number of likely N-dealkylation sites (tertiary alicyclic amines) is 1. The fourth-order valence-corrected chi connectivity index (χ4v) is 4.43. The maximum Gasteiger partial charge on any atom is 0.227 e. The van der Waals surface area contributed by atoms with Crippen LogP contribution in [0, 0.1) is 0 Å². The summed E-state index contributed by atoms with van der Waals surface area (Å²) in [5.41, 5.74) is 2.44. The van der Waals surface area contributed by atoms with Gasteiger partial charge < -0.3 is 9.88 Å². The van der Waals surface area contributed by atoms with E-state index in [9.17, 15) is 9.18 Å². The van der Waals surface area contributed by atoms with Crippen LogP contribution in [0.4, 0.5) is 4.39 Å². The van der Waals surface area contributed by atoms with Gasteiger partial charge in [-0.3, -0.25) is 9.69 Å². The fraction of sp³-hybridized carbons (Fsp3) is 0.524. The first-order chi connectivity index (χ1) is 13.1. The maximum absolute atomic E-state index is 14.0. The van der Waals surface area contributed by atoms with Gasteiger partial charge in [-0.25, -0.2) is 9.37 Å². The second-order valence-electron chi connectivity index (χ2n) is 7.76. The minimum Gasteiger partial charge on any atom is -0.354 e. The van der Waals surface area contributed by atoms with Gasteiger partial charge in [-0.2, -0.15) is 0 Å². The average molecular weight is 370 g/mol. The predicted octanol–water partition coefficient (Wildman–Crippen LogP) is 2.57. The molecule has 0 bridgehead atoms. The summed E-state index contributed by atoms with van der Waals surface area (Å²) >= 11 is 0. The molecule has 1 N–H and O–H groups in total. The third-order valence-corrected chi connectivity index (χ3v) is 5.94. The van der Waals surface area contributed by atoms with Crippen LogP contribution >= 0.6 is 0 Å². The first-order valence-corrected chi connectivity index (χ1v) is 9.81. The monoisotopic (exact) mass is 370 g/mol. The van der Waals surface area contributed by atoms with Gasteiger partial charge in [0.15, 0.2) is 0 Å². The molecule has 1 unspecified atom stereocenters. The van der Waals surface area contributed by atoms with E-state index in [2.05, 4.69) is 27.3 Å². The highest BCUT2D eigenvalue weighted by molar-refractivity contribution is 5.84. The van der Waals surface area contributed by atoms with Crippen molar-refractivity contribution in [3.63, 3.8) is 0 Å². The predicted molar refractivity (Wildman–Crippen MR) is 102 cm³/mol. The van der Waals surface area contributed by atoms with Crippen molar-refractivity contribution in [3.8, 4) is 0 Å². The molecule has 0 radical (unpaired) electrons. The van der Waals surface area contributed by atoms with Crippen molar-refractivity contribution in [3.05, 3.63) is 53.6 Å². The van der Waals surface area contributed by atoms with E-state index in [1.54, 1.807) is 6.20 Å². The van der Waals surface area contributed by atoms with Crippen molar-refractivity contribution in [2.45, 2.75) is 50.4 Å². The molecule has 0 saturated carbocycles. The summed E-state index contributed by atoms with van der Waals surface area (Å²) in [5, 5.41) is 3.11. The smallest absolute Gasteiger partial charge is 0.227 e. The zero-order valence-electron chi connectivity index (χ0n) is 15.8. The van der Waals surface area contributed by atoms with Gasteiger partial charge in [0.05, 0.1) is 12.5 Å². The molecule has 1 aromatic carbocycles. The lowest BCUT2D eigenvalue weighted by Crippen LogP contribution is -2.42. The molecular weight excluding hydrogens is 343 g/mol. The van der Waals surface area contributed by atoms with Gasteiger partial charge >= 0.3 is 0 Å². The first kappa shape index (κ1) is 18.2. The number of nitrogens with zero attached hydrogens (tertiary/aromatic N) is 3. The third kappa shape index (κ3) is 3.90. The van der Waals surface area contributed by atoms with E-state index in [1.807, 2.05) is 29.9 Å². The summed E-state index contributed by atoms with van der Waals surface area (Å²) in [7, 11) is 1.95. The van der Waals surface area contributed by atoms with E-state index >= 15 is 0 Å². The third-order valence-electron chi connectivity index (χ3n) is 5.94. The minimum absolute atomic E-state index is 0.0134. The number of fused-ring (bicyclic) bond motifs is 1. The fourth-order valence-electron chi connectivity index (χ4n) is 4.43. The summed E-state index contributed by atoms with van der Waals surface area (Å²) in [4.78, 5) is 19.3. The SMILES string of the molecule is Cn1ccnc1CN1C[C@@H](F)C[C@H]1CNC(=O)C1CCCc2ccccc21. The lowest BCUT2D eigenvalue weighted by atomic mass is 9.82. The summed E-state index contributed by atoms with van der Waals surface area (Å²) in [6.45, 7) is 1.50. The zero-order valence-corrected chi connectivity index (χ0v) is 15.8. The van der Waals surface area contributed by atoms with E-state index in [1.165, 1.54) is 5.56 Å². The molecule has 1 aliphatic heterocycles. The molecule has 2 aromatic rings. The van der Waals surface area contributed by atoms with Crippen molar-refractivity contribution >= 4 is 5.91 Å². The Bertz CT molecular complexity index is 805. The number of amides is 1. The Morgan fingerprint density at radius 2 is 2.22 bits per heavy atom. The molecule has 1 aliphatic carbocycles. The van der Waals surface area contributed by atoms with E-state index in [4.69, 9.17) is 0 Å². The molecule has 1 saturated heterocycles. The summed E-state index contributed by atoms with van der Waals surface area (Å²) in [5.74, 6) is 0.906. The Balaban J connectivity index is 1.39. The summed E-state index contributed by atoms with van der Waals surface area (Å²) < 4.78 is 16.0. The highest BCUT2D eigenvalue weighted by Gasteiger charge is 2.34. The van der Waals surface area contributed by atoms with E-state index in [0.717, 1.165) is 30.7 Å². The van der Waals surface area contributed by atoms with Gasteiger partial charge in [-0.1, -0.05) is 24.3 Å². The Morgan fingerprint density at radius 3 is 3.04 bits per heavy atom. The van der Waals surface area contributed by atoms with E-state index in [0.29, 0.717) is 26.1 Å². The molecule has 0 spiro atoms. The van der Waals surface area contributed by atoms with E-state index in [-0.39, 0.29) is 17.9 Å². The number of halogens is 1. The van der Waals surface area contributed by atoms with Gasteiger partial charge in [-0.15, -0.1) is 0 Å². The van der Waals surface area contributed by atoms with Crippen LogP contribution in [0.3, 0.4) is 0 Å². The molecule has 27 heavy (non-hydrogen) atoms. The number of aromatic nitrogens is 2. The standard InChI is InChI=1S/C21H27FN4O/c1-25-10-9-23-20(25)14-26-13-16(22)11-17(26)12-24-21(27)19-8-4-6-15-5-2-3-7-18(15)19/h2-3,5,7,9-10,16-17,19H,4,6,8,11-14H2,1H3,(H,24,27)/t16-,17-,19?/m0/s1. The molecule has 3 atom stereocenters. The zero-order chi connectivity index (χ0) is 18.8. The lowest BCUT2D eigenvalue weighted by molar-refractivity contribution is -0.123. The number of aryl methyl sites for hydroxylation is 2. The topological polar surface area (TPSA) is 50.2 Å². The number of carbonyl (C=O) groups is 1. The number of alkyl halides is 1. The average Bonchev–Trinajstić information content (AvgIpc) is 3.24. The number of hydrogen-bond acceptors (Lipinski definition) is 3. The molecule has 2 heterocycles.